The zero-order chi connectivity index (χ0) is 24.3. The molecule has 2 saturated heterocycles. The van der Waals surface area contributed by atoms with Crippen molar-refractivity contribution in [1.82, 2.24) is 9.80 Å². The molecule has 0 aromatic rings. The SMILES string of the molecule is CCCCCN1CC=C[C@]23O[C@]4(C)/C=C\CCCOC(=O)[C@@H]4[C@H]2C(=O)N(CCCCO)C3C1=O. The fraction of sp³-hybridized carbons (Fsp3) is 0.731. The Morgan fingerprint density at radius 3 is 2.59 bits per heavy atom. The maximum Gasteiger partial charge on any atom is 0.313 e. The van der Waals surface area contributed by atoms with Gasteiger partial charge in [-0.3, -0.25) is 14.4 Å². The minimum absolute atomic E-state index is 0.0204. The van der Waals surface area contributed by atoms with E-state index in [2.05, 4.69) is 6.92 Å². The molecule has 0 aromatic heterocycles. The molecule has 0 bridgehead atoms. The van der Waals surface area contributed by atoms with E-state index in [1.807, 2.05) is 36.1 Å². The van der Waals surface area contributed by atoms with E-state index in [0.717, 1.165) is 32.1 Å². The molecule has 4 aliphatic heterocycles. The van der Waals surface area contributed by atoms with Crippen LogP contribution in [0.15, 0.2) is 24.3 Å². The Hall–Kier alpha value is -2.19. The highest BCUT2D eigenvalue weighted by Crippen LogP contribution is 2.57. The van der Waals surface area contributed by atoms with E-state index in [-0.39, 0.29) is 18.4 Å². The van der Waals surface area contributed by atoms with Crippen LogP contribution in [0.25, 0.3) is 0 Å². The van der Waals surface area contributed by atoms with Crippen molar-refractivity contribution in [3.63, 3.8) is 0 Å². The summed E-state index contributed by atoms with van der Waals surface area (Å²) in [6, 6.07) is -0.836. The summed E-state index contributed by atoms with van der Waals surface area (Å²) in [4.78, 5) is 44.6. The van der Waals surface area contributed by atoms with Gasteiger partial charge >= 0.3 is 5.97 Å². The number of nitrogens with zero attached hydrogens (tertiary/aromatic N) is 2. The number of unbranched alkanes of at least 4 members (excludes halogenated alkanes) is 3. The molecule has 2 amide bonds. The van der Waals surface area contributed by atoms with Crippen molar-refractivity contribution < 1.29 is 29.0 Å². The molecule has 1 spiro atoms. The number of hydrogen-bond acceptors (Lipinski definition) is 6. The number of carbonyl (C=O) groups is 3. The lowest BCUT2D eigenvalue weighted by Gasteiger charge is -2.37. The maximum atomic E-state index is 14.0. The maximum absolute atomic E-state index is 14.0. The fourth-order valence-corrected chi connectivity index (χ4v) is 6.07. The third-order valence-electron chi connectivity index (χ3n) is 7.67. The lowest BCUT2D eigenvalue weighted by atomic mass is 9.74. The molecule has 5 atom stereocenters. The van der Waals surface area contributed by atoms with E-state index < -0.39 is 35.0 Å². The predicted octanol–water partition coefficient (Wildman–Crippen LogP) is 2.21. The van der Waals surface area contributed by atoms with E-state index in [9.17, 15) is 19.5 Å². The van der Waals surface area contributed by atoms with Gasteiger partial charge in [0.05, 0.1) is 18.1 Å². The fourth-order valence-electron chi connectivity index (χ4n) is 6.07. The molecule has 34 heavy (non-hydrogen) atoms. The smallest absolute Gasteiger partial charge is 0.313 e. The Balaban J connectivity index is 1.76. The largest absolute Gasteiger partial charge is 0.465 e. The van der Waals surface area contributed by atoms with Crippen LogP contribution in [0, 0.1) is 11.8 Å². The number of amides is 2. The second kappa shape index (κ2) is 10.2. The average Bonchev–Trinajstić information content (AvgIpc) is 3.15. The molecule has 2 fully saturated rings. The van der Waals surface area contributed by atoms with E-state index >= 15 is 0 Å². The van der Waals surface area contributed by atoms with Crippen LogP contribution in [0.5, 0.6) is 0 Å². The highest BCUT2D eigenvalue weighted by atomic mass is 16.6. The Morgan fingerprint density at radius 2 is 1.82 bits per heavy atom. The first kappa shape index (κ1) is 24.9. The van der Waals surface area contributed by atoms with E-state index in [1.54, 1.807) is 4.90 Å². The number of aliphatic hydroxyl groups is 1. The van der Waals surface area contributed by atoms with Crippen molar-refractivity contribution in [2.45, 2.75) is 76.0 Å². The van der Waals surface area contributed by atoms with Gasteiger partial charge in [0.25, 0.3) is 0 Å². The summed E-state index contributed by atoms with van der Waals surface area (Å²) in [7, 11) is 0. The van der Waals surface area contributed by atoms with E-state index in [0.29, 0.717) is 39.1 Å². The average molecular weight is 475 g/mol. The lowest BCUT2D eigenvalue weighted by molar-refractivity contribution is -0.159. The second-order valence-corrected chi connectivity index (χ2v) is 10.1. The molecule has 0 radical (unpaired) electrons. The first-order valence-electron chi connectivity index (χ1n) is 12.8. The number of rotatable bonds is 8. The third kappa shape index (κ3) is 4.19. The van der Waals surface area contributed by atoms with Crippen molar-refractivity contribution in [3.05, 3.63) is 24.3 Å². The van der Waals surface area contributed by atoms with Crippen molar-refractivity contribution >= 4 is 17.8 Å². The third-order valence-corrected chi connectivity index (χ3v) is 7.67. The molecule has 8 nitrogen and oxygen atoms in total. The Morgan fingerprint density at radius 1 is 1.03 bits per heavy atom. The highest BCUT2D eigenvalue weighted by Gasteiger charge is 2.74. The summed E-state index contributed by atoms with van der Waals surface area (Å²) >= 11 is 0. The summed E-state index contributed by atoms with van der Waals surface area (Å²) < 4.78 is 12.3. The van der Waals surface area contributed by atoms with Gasteiger partial charge in [-0.1, -0.05) is 44.1 Å². The van der Waals surface area contributed by atoms with Gasteiger partial charge in [-0.15, -0.1) is 0 Å². The molecule has 0 saturated carbocycles. The van der Waals surface area contributed by atoms with Gasteiger partial charge in [-0.2, -0.15) is 0 Å². The van der Waals surface area contributed by atoms with Gasteiger partial charge in [-0.05, 0) is 39.0 Å². The second-order valence-electron chi connectivity index (χ2n) is 10.1. The van der Waals surface area contributed by atoms with Crippen LogP contribution in [0.4, 0.5) is 0 Å². The topological polar surface area (TPSA) is 96.4 Å². The standard InChI is InChI=1S/C26H38N2O6/c1-3-4-7-14-27-15-11-13-26-19(22(30)28(16-8-9-17-29)21(26)23(27)31)20-24(32)33-18-10-5-6-12-25(20,2)34-26/h6,11-13,19-21,29H,3-5,7-10,14-18H2,1-2H3/b12-6-/t19-,20-,21?,25+,26-/m0/s1. The number of carbonyl (C=O) groups excluding carboxylic acids is 3. The van der Waals surface area contributed by atoms with Gasteiger partial charge in [-0.25, -0.2) is 0 Å². The van der Waals surface area contributed by atoms with Crippen molar-refractivity contribution in [3.8, 4) is 0 Å². The Kier molecular flexibility index (Phi) is 7.48. The first-order chi connectivity index (χ1) is 16.4. The number of likely N-dealkylation sites (tertiary alicyclic amines) is 1. The normalized spacial score (nSPS) is 36.2. The molecule has 4 heterocycles. The highest BCUT2D eigenvalue weighted by molar-refractivity contribution is 5.99. The predicted molar refractivity (Wildman–Crippen MR) is 126 cm³/mol. The van der Waals surface area contributed by atoms with Crippen LogP contribution in [0.1, 0.15) is 58.8 Å². The van der Waals surface area contributed by atoms with Crippen molar-refractivity contribution in [2.24, 2.45) is 11.8 Å². The monoisotopic (exact) mass is 474 g/mol. The van der Waals surface area contributed by atoms with E-state index in [4.69, 9.17) is 9.47 Å². The van der Waals surface area contributed by atoms with Gasteiger partial charge in [0, 0.05) is 26.2 Å². The number of ether oxygens (including phenoxy) is 2. The zero-order valence-electron chi connectivity index (χ0n) is 20.4. The first-order valence-corrected chi connectivity index (χ1v) is 12.8. The van der Waals surface area contributed by atoms with Crippen LogP contribution < -0.4 is 0 Å². The van der Waals surface area contributed by atoms with Crippen LogP contribution >= 0.6 is 0 Å². The van der Waals surface area contributed by atoms with Gasteiger partial charge in [0.2, 0.25) is 11.8 Å². The molecule has 1 N–H and O–H groups in total. The number of aliphatic hydroxyl groups excluding tert-OH is 1. The van der Waals surface area contributed by atoms with Crippen molar-refractivity contribution in [1.29, 1.82) is 0 Å². The van der Waals surface area contributed by atoms with Gasteiger partial charge in [0.15, 0.2) is 0 Å². The number of allylic oxidation sites excluding steroid dienone is 1. The van der Waals surface area contributed by atoms with Crippen LogP contribution in [-0.2, 0) is 23.9 Å². The van der Waals surface area contributed by atoms with Crippen LogP contribution in [0.3, 0.4) is 0 Å². The number of cyclic esters (lactones) is 1. The number of esters is 1. The zero-order valence-corrected chi connectivity index (χ0v) is 20.4. The molecule has 1 unspecified atom stereocenters. The quantitative estimate of drug-likeness (QED) is 0.329. The molecule has 4 aliphatic rings. The van der Waals surface area contributed by atoms with Gasteiger partial charge in [0.1, 0.15) is 17.6 Å². The molecule has 0 aromatic carbocycles. The molecular formula is C26H38N2O6. The minimum atomic E-state index is -1.23. The summed E-state index contributed by atoms with van der Waals surface area (Å²) in [5, 5.41) is 9.28. The minimum Gasteiger partial charge on any atom is -0.465 e. The van der Waals surface area contributed by atoms with Crippen LogP contribution in [0.2, 0.25) is 0 Å². The summed E-state index contributed by atoms with van der Waals surface area (Å²) in [5.41, 5.74) is -2.27. The molecular weight excluding hydrogens is 436 g/mol. The van der Waals surface area contributed by atoms with E-state index in [1.165, 1.54) is 0 Å². The Labute approximate surface area is 201 Å². The molecule has 188 valence electrons. The Bertz CT molecular complexity index is 856. The summed E-state index contributed by atoms with van der Waals surface area (Å²) in [6.45, 7) is 5.68. The number of hydrogen-bond donors (Lipinski definition) is 1. The molecule has 0 aliphatic carbocycles. The molecule has 8 heteroatoms. The lowest BCUT2D eigenvalue weighted by Crippen LogP contribution is -2.56. The van der Waals surface area contributed by atoms with Gasteiger partial charge < -0.3 is 24.4 Å². The summed E-state index contributed by atoms with van der Waals surface area (Å²) in [5.74, 6) is -2.47. The summed E-state index contributed by atoms with van der Waals surface area (Å²) in [6.07, 6.45) is 13.2. The number of fused-ring (bicyclic) bond motifs is 2. The molecule has 4 rings (SSSR count). The van der Waals surface area contributed by atoms with Crippen LogP contribution in [-0.4, -0.2) is 82.8 Å². The van der Waals surface area contributed by atoms with Crippen molar-refractivity contribution in [2.75, 3.05) is 32.8 Å².